The van der Waals surface area contributed by atoms with Gasteiger partial charge in [0.25, 0.3) is 0 Å². The molecule has 0 rings (SSSR count). The Morgan fingerprint density at radius 3 is 1.12 bits per heavy atom. The fourth-order valence-corrected chi connectivity index (χ4v) is 16.0. The zero-order valence-electron chi connectivity index (χ0n) is 18.0. The molecule has 10 heteroatoms. The molecule has 0 aliphatic carbocycles. The summed E-state index contributed by atoms with van der Waals surface area (Å²) in [5, 5.41) is 0. The molecular formula is C16H40O7Si3. The van der Waals surface area contributed by atoms with E-state index in [0.29, 0.717) is 33.0 Å². The number of rotatable bonds is 17. The maximum Gasteiger partial charge on any atom is 0.328 e. The van der Waals surface area contributed by atoms with E-state index in [2.05, 4.69) is 19.6 Å². The van der Waals surface area contributed by atoms with E-state index < -0.39 is 25.7 Å². The highest BCUT2D eigenvalue weighted by atomic mass is 28.5. The van der Waals surface area contributed by atoms with Gasteiger partial charge in [-0.1, -0.05) is 0 Å². The SMILES string of the molecule is CCO[Si](C)(CCOC)O[Si](C)(CCOC)O[Si](C)(CCOC)OCC. The first-order valence-corrected chi connectivity index (χ1v) is 16.9. The van der Waals surface area contributed by atoms with Gasteiger partial charge in [-0.15, -0.1) is 0 Å². The van der Waals surface area contributed by atoms with Crippen molar-refractivity contribution in [1.82, 2.24) is 0 Å². The molecule has 158 valence electrons. The standard InChI is InChI=1S/C16H40O7Si3/c1-9-20-24(6,14-11-17-3)22-26(8,16-13-19-5)23-25(7,21-10-2)15-12-18-4/h9-16H2,1-8H3. The van der Waals surface area contributed by atoms with Crippen LogP contribution in [0.1, 0.15) is 13.8 Å². The summed E-state index contributed by atoms with van der Waals surface area (Å²) in [4.78, 5) is 0. The molecular weight excluding hydrogens is 388 g/mol. The van der Waals surface area contributed by atoms with Crippen LogP contribution >= 0.6 is 0 Å². The van der Waals surface area contributed by atoms with Crippen LogP contribution in [0.3, 0.4) is 0 Å². The highest BCUT2D eigenvalue weighted by Gasteiger charge is 2.48. The molecule has 0 aromatic carbocycles. The lowest BCUT2D eigenvalue weighted by atomic mass is 10.9. The third-order valence-corrected chi connectivity index (χ3v) is 16.1. The summed E-state index contributed by atoms with van der Waals surface area (Å²) in [6.07, 6.45) is 0. The zero-order chi connectivity index (χ0) is 20.1. The second-order valence-electron chi connectivity index (χ2n) is 6.70. The summed E-state index contributed by atoms with van der Waals surface area (Å²) < 4.78 is 41.3. The molecule has 0 heterocycles. The van der Waals surface area contributed by atoms with Crippen LogP contribution in [-0.2, 0) is 31.3 Å². The van der Waals surface area contributed by atoms with E-state index in [0.717, 1.165) is 18.1 Å². The molecule has 0 aromatic rings. The van der Waals surface area contributed by atoms with Crippen LogP contribution in [0.15, 0.2) is 0 Å². The van der Waals surface area contributed by atoms with E-state index in [1.54, 1.807) is 21.3 Å². The molecule has 0 aliphatic rings. The van der Waals surface area contributed by atoms with Crippen molar-refractivity contribution in [3.8, 4) is 0 Å². The Balaban J connectivity index is 5.41. The van der Waals surface area contributed by atoms with Crippen LogP contribution in [-0.4, -0.2) is 80.0 Å². The lowest BCUT2D eigenvalue weighted by Crippen LogP contribution is -2.58. The molecule has 0 N–H and O–H groups in total. The van der Waals surface area contributed by atoms with Gasteiger partial charge in [-0.25, -0.2) is 0 Å². The lowest BCUT2D eigenvalue weighted by Gasteiger charge is -2.41. The molecule has 2 unspecified atom stereocenters. The first kappa shape index (κ1) is 26.4. The normalized spacial score (nSPS) is 18.9. The van der Waals surface area contributed by atoms with Crippen molar-refractivity contribution < 1.29 is 31.3 Å². The highest BCUT2D eigenvalue weighted by molar-refractivity contribution is 6.85. The average molecular weight is 429 g/mol. The van der Waals surface area contributed by atoms with Gasteiger partial charge in [-0.2, -0.15) is 0 Å². The predicted octanol–water partition coefficient (Wildman–Crippen LogP) is 3.25. The molecule has 0 aliphatic heterocycles. The summed E-state index contributed by atoms with van der Waals surface area (Å²) in [6, 6.07) is 2.26. The Hall–Kier alpha value is 0.371. The largest absolute Gasteiger partial charge is 0.415 e. The number of hydrogen-bond acceptors (Lipinski definition) is 7. The van der Waals surface area contributed by atoms with Crippen LogP contribution < -0.4 is 0 Å². The van der Waals surface area contributed by atoms with Gasteiger partial charge < -0.3 is 31.3 Å². The van der Waals surface area contributed by atoms with Gasteiger partial charge >= 0.3 is 25.7 Å². The first-order chi connectivity index (χ1) is 12.2. The van der Waals surface area contributed by atoms with Crippen molar-refractivity contribution in [2.45, 2.75) is 51.6 Å². The second-order valence-corrected chi connectivity index (χ2v) is 17.2. The minimum atomic E-state index is -2.58. The fourth-order valence-electron chi connectivity index (χ4n) is 2.81. The molecule has 0 saturated heterocycles. The molecule has 0 fully saturated rings. The Bertz CT molecular complexity index is 339. The van der Waals surface area contributed by atoms with Gasteiger partial charge in [0.1, 0.15) is 0 Å². The molecule has 7 nitrogen and oxygen atoms in total. The third kappa shape index (κ3) is 10.6. The fraction of sp³-hybridized carbons (Fsp3) is 1.00. The number of methoxy groups -OCH3 is 3. The van der Waals surface area contributed by atoms with Crippen molar-refractivity contribution in [2.24, 2.45) is 0 Å². The van der Waals surface area contributed by atoms with Gasteiger partial charge in [0, 0.05) is 72.5 Å². The third-order valence-electron chi connectivity index (χ3n) is 4.04. The van der Waals surface area contributed by atoms with Gasteiger partial charge in [0.15, 0.2) is 0 Å². The zero-order valence-corrected chi connectivity index (χ0v) is 21.0. The molecule has 0 amide bonds. The van der Waals surface area contributed by atoms with Crippen molar-refractivity contribution in [3.63, 3.8) is 0 Å². The Kier molecular flexibility index (Phi) is 13.7. The van der Waals surface area contributed by atoms with E-state index in [1.165, 1.54) is 0 Å². The van der Waals surface area contributed by atoms with Crippen LogP contribution in [0.4, 0.5) is 0 Å². The van der Waals surface area contributed by atoms with Crippen LogP contribution in [0.2, 0.25) is 37.8 Å². The molecule has 0 saturated carbocycles. The summed E-state index contributed by atoms with van der Waals surface area (Å²) in [7, 11) is -2.32. The van der Waals surface area contributed by atoms with Crippen molar-refractivity contribution in [3.05, 3.63) is 0 Å². The van der Waals surface area contributed by atoms with Crippen molar-refractivity contribution in [2.75, 3.05) is 54.4 Å². The first-order valence-electron chi connectivity index (χ1n) is 9.37. The molecule has 0 bridgehead atoms. The molecule has 0 radical (unpaired) electrons. The van der Waals surface area contributed by atoms with E-state index in [4.69, 9.17) is 31.3 Å². The van der Waals surface area contributed by atoms with Gasteiger partial charge in [0.05, 0.1) is 0 Å². The lowest BCUT2D eigenvalue weighted by molar-refractivity contribution is 0.164. The Morgan fingerprint density at radius 2 is 0.846 bits per heavy atom. The minimum absolute atomic E-state index is 0.588. The minimum Gasteiger partial charge on any atom is -0.415 e. The smallest absolute Gasteiger partial charge is 0.328 e. The quantitative estimate of drug-likeness (QED) is 0.329. The highest BCUT2D eigenvalue weighted by Crippen LogP contribution is 2.29. The maximum absolute atomic E-state index is 6.68. The monoisotopic (exact) mass is 428 g/mol. The predicted molar refractivity (Wildman–Crippen MR) is 110 cm³/mol. The molecule has 26 heavy (non-hydrogen) atoms. The summed E-state index contributed by atoms with van der Waals surface area (Å²) in [5.41, 5.74) is 0. The second kappa shape index (κ2) is 13.5. The van der Waals surface area contributed by atoms with E-state index >= 15 is 0 Å². The van der Waals surface area contributed by atoms with Gasteiger partial charge in [0.2, 0.25) is 0 Å². The van der Waals surface area contributed by atoms with Crippen molar-refractivity contribution >= 4 is 25.7 Å². The van der Waals surface area contributed by atoms with Crippen molar-refractivity contribution in [1.29, 1.82) is 0 Å². The Morgan fingerprint density at radius 1 is 0.538 bits per heavy atom. The number of ether oxygens (including phenoxy) is 3. The van der Waals surface area contributed by atoms with Gasteiger partial charge in [-0.3, -0.25) is 0 Å². The molecule has 2 atom stereocenters. The summed E-state index contributed by atoms with van der Waals surface area (Å²) in [5.74, 6) is 0. The van der Waals surface area contributed by atoms with Crippen LogP contribution in [0.5, 0.6) is 0 Å². The molecule has 0 aromatic heterocycles. The van der Waals surface area contributed by atoms with Gasteiger partial charge in [-0.05, 0) is 33.5 Å². The average Bonchev–Trinajstić information content (AvgIpc) is 2.56. The van der Waals surface area contributed by atoms with E-state index in [1.807, 2.05) is 13.8 Å². The van der Waals surface area contributed by atoms with Crippen LogP contribution in [0, 0.1) is 0 Å². The van der Waals surface area contributed by atoms with E-state index in [9.17, 15) is 0 Å². The summed E-state index contributed by atoms with van der Waals surface area (Å²) >= 11 is 0. The topological polar surface area (TPSA) is 64.6 Å². The number of hydrogen-bond donors (Lipinski definition) is 0. The van der Waals surface area contributed by atoms with Crippen LogP contribution in [0.25, 0.3) is 0 Å². The molecule has 0 spiro atoms. The summed E-state index contributed by atoms with van der Waals surface area (Å²) in [6.45, 7) is 13.3. The Labute approximate surface area is 163 Å². The maximum atomic E-state index is 6.68. The van der Waals surface area contributed by atoms with E-state index in [-0.39, 0.29) is 0 Å².